The molecule has 31 heavy (non-hydrogen) atoms. The highest BCUT2D eigenvalue weighted by Crippen LogP contribution is 2.31. The number of carbonyl (C=O) groups is 2. The van der Waals surface area contributed by atoms with Gasteiger partial charge in [-0.3, -0.25) is 20.0 Å². The Kier molecular flexibility index (Phi) is 8.92. The maximum Gasteiger partial charge on any atom is 0.251 e. The first-order valence-electron chi connectivity index (χ1n) is 11.1. The molecule has 7 heteroatoms. The van der Waals surface area contributed by atoms with Gasteiger partial charge in [0.25, 0.3) is 5.91 Å². The molecular weight excluding hydrogens is 392 g/mol. The third kappa shape index (κ3) is 6.23. The second-order valence-corrected chi connectivity index (χ2v) is 8.47. The van der Waals surface area contributed by atoms with Gasteiger partial charge in [-0.05, 0) is 77.7 Å². The van der Waals surface area contributed by atoms with Crippen molar-refractivity contribution in [2.45, 2.75) is 72.6 Å². The van der Waals surface area contributed by atoms with Gasteiger partial charge >= 0.3 is 0 Å². The predicted octanol–water partition coefficient (Wildman–Crippen LogP) is 3.39. The number of amides is 2. The molecule has 0 spiro atoms. The summed E-state index contributed by atoms with van der Waals surface area (Å²) in [7, 11) is 1.76. The summed E-state index contributed by atoms with van der Waals surface area (Å²) < 4.78 is 5.92. The summed E-state index contributed by atoms with van der Waals surface area (Å²) in [5, 5.41) is 4.65. The van der Waals surface area contributed by atoms with E-state index >= 15 is 0 Å². The molecule has 2 rings (SSSR count). The molecule has 1 aromatic rings. The van der Waals surface area contributed by atoms with Crippen LogP contribution >= 0.6 is 0 Å². The van der Waals surface area contributed by atoms with E-state index in [1.54, 1.807) is 12.1 Å². The van der Waals surface area contributed by atoms with Crippen molar-refractivity contribution < 1.29 is 14.3 Å². The van der Waals surface area contributed by atoms with E-state index in [9.17, 15) is 9.59 Å². The Balaban J connectivity index is 2.18. The van der Waals surface area contributed by atoms with Crippen LogP contribution in [0.3, 0.4) is 0 Å². The number of rotatable bonds is 9. The number of anilines is 1. The fourth-order valence-electron chi connectivity index (χ4n) is 4.33. The Bertz CT molecular complexity index is 798. The molecule has 1 saturated heterocycles. The molecule has 1 aromatic carbocycles. The predicted molar refractivity (Wildman–Crippen MR) is 125 cm³/mol. The van der Waals surface area contributed by atoms with Gasteiger partial charge < -0.3 is 15.0 Å². The van der Waals surface area contributed by atoms with E-state index in [0.29, 0.717) is 24.6 Å². The quantitative estimate of drug-likeness (QED) is 0.464. The maximum absolute atomic E-state index is 13.0. The second-order valence-electron chi connectivity index (χ2n) is 8.47. The van der Waals surface area contributed by atoms with Crippen LogP contribution in [-0.4, -0.2) is 55.7 Å². The van der Waals surface area contributed by atoms with Crippen molar-refractivity contribution in [1.82, 2.24) is 15.8 Å². The SMILES string of the molecule is CCN(c1cccc(C(=O)NC/C(C)=C(\C)N(C)NC=O)c1C)C1CC(C)OC(C)C1. The third-order valence-electron chi connectivity index (χ3n) is 6.19. The van der Waals surface area contributed by atoms with E-state index in [0.717, 1.165) is 41.9 Å². The number of hydrogen-bond donors (Lipinski definition) is 2. The Morgan fingerprint density at radius 2 is 1.87 bits per heavy atom. The molecule has 1 heterocycles. The fourth-order valence-corrected chi connectivity index (χ4v) is 4.33. The van der Waals surface area contributed by atoms with Gasteiger partial charge in [0, 0.05) is 43.1 Å². The molecule has 2 N–H and O–H groups in total. The van der Waals surface area contributed by atoms with Crippen LogP contribution < -0.4 is 15.6 Å². The minimum absolute atomic E-state index is 0.0951. The van der Waals surface area contributed by atoms with Crippen LogP contribution in [0.1, 0.15) is 63.4 Å². The lowest BCUT2D eigenvalue weighted by Gasteiger charge is -2.41. The van der Waals surface area contributed by atoms with Crippen molar-refractivity contribution in [3.8, 4) is 0 Å². The zero-order valence-corrected chi connectivity index (χ0v) is 20.0. The van der Waals surface area contributed by atoms with Gasteiger partial charge in [0.2, 0.25) is 6.41 Å². The standard InChI is InChI=1S/C24H38N4O3/c1-8-28(21-12-17(3)31-18(4)13-21)23-11-9-10-22(19(23)5)24(30)25-14-16(2)20(6)27(7)26-15-29/h9-11,15,17-18,21H,8,12-14H2,1-7H3,(H,25,30)(H,26,29)/b20-16+. The van der Waals surface area contributed by atoms with E-state index in [2.05, 4.69) is 42.5 Å². The van der Waals surface area contributed by atoms with Crippen molar-refractivity contribution >= 4 is 18.0 Å². The number of hydrogen-bond acceptors (Lipinski definition) is 5. The van der Waals surface area contributed by atoms with Crippen LogP contribution in [0.15, 0.2) is 29.5 Å². The normalized spacial score (nSPS) is 21.7. The molecule has 0 aromatic heterocycles. The number of benzene rings is 1. The zero-order valence-electron chi connectivity index (χ0n) is 20.0. The fraction of sp³-hybridized carbons (Fsp3) is 0.583. The van der Waals surface area contributed by atoms with Gasteiger partial charge in [0.05, 0.1) is 12.2 Å². The minimum atomic E-state index is -0.0951. The molecule has 2 atom stereocenters. The van der Waals surface area contributed by atoms with Gasteiger partial charge in [0.1, 0.15) is 0 Å². The highest BCUT2D eigenvalue weighted by molar-refractivity contribution is 5.97. The van der Waals surface area contributed by atoms with Gasteiger partial charge in [0.15, 0.2) is 0 Å². The van der Waals surface area contributed by atoms with Crippen molar-refractivity contribution in [2.75, 3.05) is 25.0 Å². The third-order valence-corrected chi connectivity index (χ3v) is 6.19. The molecule has 1 aliphatic rings. The van der Waals surface area contributed by atoms with Crippen molar-refractivity contribution in [1.29, 1.82) is 0 Å². The monoisotopic (exact) mass is 430 g/mol. The summed E-state index contributed by atoms with van der Waals surface area (Å²) in [5.74, 6) is -0.0951. The highest BCUT2D eigenvalue weighted by atomic mass is 16.5. The van der Waals surface area contributed by atoms with Gasteiger partial charge in [-0.2, -0.15) is 0 Å². The Morgan fingerprint density at radius 1 is 1.23 bits per heavy atom. The average Bonchev–Trinajstić information content (AvgIpc) is 2.72. The Hall–Kier alpha value is -2.54. The topological polar surface area (TPSA) is 73.9 Å². The molecule has 172 valence electrons. The van der Waals surface area contributed by atoms with E-state index in [1.165, 1.54) is 0 Å². The minimum Gasteiger partial charge on any atom is -0.375 e. The number of carbonyl (C=O) groups excluding carboxylic acids is 2. The lowest BCUT2D eigenvalue weighted by Crippen LogP contribution is -2.44. The van der Waals surface area contributed by atoms with Crippen molar-refractivity contribution in [3.63, 3.8) is 0 Å². The van der Waals surface area contributed by atoms with E-state index in [4.69, 9.17) is 4.74 Å². The molecule has 0 saturated carbocycles. The first kappa shape index (κ1) is 24.7. The number of nitrogens with zero attached hydrogens (tertiary/aromatic N) is 2. The molecule has 1 aliphatic heterocycles. The largest absolute Gasteiger partial charge is 0.375 e. The van der Waals surface area contributed by atoms with Crippen LogP contribution in [-0.2, 0) is 9.53 Å². The molecule has 7 nitrogen and oxygen atoms in total. The molecule has 2 amide bonds. The number of hydrazine groups is 1. The van der Waals surface area contributed by atoms with Crippen LogP contribution in [0.2, 0.25) is 0 Å². The zero-order chi connectivity index (χ0) is 23.1. The van der Waals surface area contributed by atoms with Crippen LogP contribution in [0.5, 0.6) is 0 Å². The molecule has 0 aliphatic carbocycles. The molecule has 2 unspecified atom stereocenters. The summed E-state index contributed by atoms with van der Waals surface area (Å²) in [6, 6.07) is 6.34. The van der Waals surface area contributed by atoms with Crippen molar-refractivity contribution in [2.24, 2.45) is 0 Å². The maximum atomic E-state index is 13.0. The summed E-state index contributed by atoms with van der Waals surface area (Å²) in [4.78, 5) is 26.0. The molecule has 1 fully saturated rings. The summed E-state index contributed by atoms with van der Waals surface area (Å²) in [5.41, 5.74) is 7.24. The summed E-state index contributed by atoms with van der Waals surface area (Å²) in [6.45, 7) is 13.6. The number of allylic oxidation sites excluding steroid dienone is 1. The lowest BCUT2D eigenvalue weighted by molar-refractivity contribution is -0.112. The number of ether oxygens (including phenoxy) is 1. The first-order chi connectivity index (χ1) is 14.7. The lowest BCUT2D eigenvalue weighted by atomic mass is 9.96. The van der Waals surface area contributed by atoms with Gasteiger partial charge in [-0.25, -0.2) is 0 Å². The second kappa shape index (κ2) is 11.2. The van der Waals surface area contributed by atoms with Crippen LogP contribution in [0, 0.1) is 6.92 Å². The first-order valence-corrected chi connectivity index (χ1v) is 11.1. The summed E-state index contributed by atoms with van der Waals surface area (Å²) in [6.07, 6.45) is 3.07. The number of nitrogens with one attached hydrogen (secondary N) is 2. The molecule has 0 radical (unpaired) electrons. The Morgan fingerprint density at radius 3 is 2.45 bits per heavy atom. The highest BCUT2D eigenvalue weighted by Gasteiger charge is 2.29. The van der Waals surface area contributed by atoms with E-state index in [-0.39, 0.29) is 18.1 Å². The molecule has 0 bridgehead atoms. The molecular formula is C24H38N4O3. The van der Waals surface area contributed by atoms with Gasteiger partial charge in [-0.15, -0.1) is 0 Å². The van der Waals surface area contributed by atoms with Crippen LogP contribution in [0.4, 0.5) is 5.69 Å². The smallest absolute Gasteiger partial charge is 0.251 e. The summed E-state index contributed by atoms with van der Waals surface area (Å²) >= 11 is 0. The van der Waals surface area contributed by atoms with Crippen molar-refractivity contribution in [3.05, 3.63) is 40.6 Å². The van der Waals surface area contributed by atoms with Crippen LogP contribution in [0.25, 0.3) is 0 Å². The Labute approximate surface area is 186 Å². The van der Waals surface area contributed by atoms with E-state index in [1.807, 2.05) is 32.9 Å². The average molecular weight is 431 g/mol. The van der Waals surface area contributed by atoms with E-state index < -0.39 is 0 Å². The van der Waals surface area contributed by atoms with Gasteiger partial charge in [-0.1, -0.05) is 6.07 Å².